The van der Waals surface area contributed by atoms with E-state index in [9.17, 15) is 9.90 Å². The second kappa shape index (κ2) is 7.04. The second-order valence-corrected chi connectivity index (χ2v) is 5.10. The van der Waals surface area contributed by atoms with Gasteiger partial charge in [0.05, 0.1) is 17.6 Å². The summed E-state index contributed by atoms with van der Waals surface area (Å²) < 4.78 is 5.43. The maximum absolute atomic E-state index is 12.1. The van der Waals surface area contributed by atoms with Crippen molar-refractivity contribution < 1.29 is 14.6 Å². The normalized spacial score (nSPS) is 13.4. The summed E-state index contributed by atoms with van der Waals surface area (Å²) in [5, 5.41) is 9.82. The molecule has 0 bridgehead atoms. The number of rotatable bonds is 6. The van der Waals surface area contributed by atoms with Crippen molar-refractivity contribution in [3.63, 3.8) is 0 Å². The van der Waals surface area contributed by atoms with E-state index in [1.54, 1.807) is 24.3 Å². The minimum absolute atomic E-state index is 0.0599. The Morgan fingerprint density at radius 2 is 1.62 bits per heavy atom. The molecule has 0 fully saturated rings. The zero-order valence-electron chi connectivity index (χ0n) is 12.2. The molecule has 110 valence electrons. The van der Waals surface area contributed by atoms with E-state index in [-0.39, 0.29) is 19.2 Å². The molecule has 0 heterocycles. The van der Waals surface area contributed by atoms with Gasteiger partial charge in [0.2, 0.25) is 0 Å². The lowest BCUT2D eigenvalue weighted by molar-refractivity contribution is 0.0309. The van der Waals surface area contributed by atoms with Crippen molar-refractivity contribution >= 4 is 5.97 Å². The van der Waals surface area contributed by atoms with Crippen LogP contribution < -0.4 is 0 Å². The average Bonchev–Trinajstić information content (AvgIpc) is 2.58. The summed E-state index contributed by atoms with van der Waals surface area (Å²) in [5.41, 5.74) is 0.954. The van der Waals surface area contributed by atoms with Crippen LogP contribution in [0.4, 0.5) is 0 Å². The van der Waals surface area contributed by atoms with E-state index >= 15 is 0 Å². The molecule has 0 spiro atoms. The van der Waals surface area contributed by atoms with E-state index in [1.807, 2.05) is 43.3 Å². The highest BCUT2D eigenvalue weighted by molar-refractivity contribution is 5.89. The number of ether oxygens (including phenoxy) is 1. The molecule has 0 aliphatic heterocycles. The van der Waals surface area contributed by atoms with Crippen LogP contribution in [-0.4, -0.2) is 24.3 Å². The van der Waals surface area contributed by atoms with E-state index < -0.39 is 5.41 Å². The molecule has 1 N–H and O–H groups in total. The van der Waals surface area contributed by atoms with Gasteiger partial charge in [0.25, 0.3) is 0 Å². The average molecular weight is 284 g/mol. The fourth-order valence-corrected chi connectivity index (χ4v) is 2.29. The van der Waals surface area contributed by atoms with Gasteiger partial charge >= 0.3 is 5.97 Å². The Labute approximate surface area is 125 Å². The van der Waals surface area contributed by atoms with Gasteiger partial charge in [-0.1, -0.05) is 55.5 Å². The number of hydrogen-bond donors (Lipinski definition) is 1. The van der Waals surface area contributed by atoms with Crippen molar-refractivity contribution in [2.75, 3.05) is 13.2 Å². The van der Waals surface area contributed by atoms with E-state index in [1.165, 1.54) is 0 Å². The van der Waals surface area contributed by atoms with E-state index in [4.69, 9.17) is 4.74 Å². The molecule has 0 saturated carbocycles. The lowest BCUT2D eigenvalue weighted by Crippen LogP contribution is -2.36. The molecule has 2 aromatic rings. The van der Waals surface area contributed by atoms with Crippen LogP contribution in [0, 0.1) is 0 Å². The molecule has 0 aliphatic carbocycles. The minimum atomic E-state index is -0.550. The largest absolute Gasteiger partial charge is 0.461 e. The second-order valence-electron chi connectivity index (χ2n) is 5.10. The molecule has 0 unspecified atom stereocenters. The summed E-state index contributed by atoms with van der Waals surface area (Å²) in [6.07, 6.45) is 0.690. The van der Waals surface area contributed by atoms with Gasteiger partial charge in [0.15, 0.2) is 0 Å². The molecule has 2 rings (SSSR count). The number of carbonyl (C=O) groups excluding carboxylic acids is 1. The Morgan fingerprint density at radius 1 is 1.05 bits per heavy atom. The molecule has 0 aromatic heterocycles. The maximum Gasteiger partial charge on any atom is 0.338 e. The van der Waals surface area contributed by atoms with Crippen molar-refractivity contribution in [3.05, 3.63) is 71.8 Å². The smallest absolute Gasteiger partial charge is 0.338 e. The van der Waals surface area contributed by atoms with Crippen LogP contribution in [0.2, 0.25) is 0 Å². The molecule has 3 nitrogen and oxygen atoms in total. The molecule has 1 atom stereocenters. The first-order chi connectivity index (χ1) is 10.2. The molecule has 21 heavy (non-hydrogen) atoms. The van der Waals surface area contributed by atoms with Crippen LogP contribution >= 0.6 is 0 Å². The molecule has 0 saturated heterocycles. The quantitative estimate of drug-likeness (QED) is 0.829. The van der Waals surface area contributed by atoms with Crippen LogP contribution in [-0.2, 0) is 10.2 Å². The first kappa shape index (κ1) is 15.3. The third-order valence-corrected chi connectivity index (χ3v) is 3.85. The lowest BCUT2D eigenvalue weighted by atomic mass is 9.79. The summed E-state index contributed by atoms with van der Waals surface area (Å²) >= 11 is 0. The SMILES string of the molecule is CC[C@](CO)(COC(=O)c1ccccc1)c1ccccc1. The highest BCUT2D eigenvalue weighted by Crippen LogP contribution is 2.28. The molecule has 0 radical (unpaired) electrons. The Balaban J connectivity index is 2.13. The third-order valence-electron chi connectivity index (χ3n) is 3.85. The number of esters is 1. The number of carbonyl (C=O) groups is 1. The van der Waals surface area contributed by atoms with Crippen LogP contribution in [0.15, 0.2) is 60.7 Å². The van der Waals surface area contributed by atoms with Crippen molar-refractivity contribution in [3.8, 4) is 0 Å². The first-order valence-electron chi connectivity index (χ1n) is 7.10. The standard InChI is InChI=1S/C18H20O3/c1-2-18(13-19,16-11-7-4-8-12-16)14-21-17(20)15-9-5-3-6-10-15/h3-12,19H,2,13-14H2,1H3/t18-/m0/s1. The summed E-state index contributed by atoms with van der Waals surface area (Å²) in [6, 6.07) is 18.6. The Kier molecular flexibility index (Phi) is 5.12. The van der Waals surface area contributed by atoms with E-state index in [0.717, 1.165) is 5.56 Å². The third kappa shape index (κ3) is 3.50. The Hall–Kier alpha value is -2.13. The molecule has 0 amide bonds. The maximum atomic E-state index is 12.1. The Morgan fingerprint density at radius 3 is 2.14 bits per heavy atom. The highest BCUT2D eigenvalue weighted by atomic mass is 16.5. The molecule has 0 aliphatic rings. The summed E-state index contributed by atoms with van der Waals surface area (Å²) in [4.78, 5) is 12.1. The lowest BCUT2D eigenvalue weighted by Gasteiger charge is -2.30. The van der Waals surface area contributed by atoms with Gasteiger partial charge in [0.1, 0.15) is 6.61 Å². The summed E-state index contributed by atoms with van der Waals surface area (Å²) in [5.74, 6) is -0.363. The zero-order valence-corrected chi connectivity index (χ0v) is 12.2. The number of benzene rings is 2. The monoisotopic (exact) mass is 284 g/mol. The van der Waals surface area contributed by atoms with Gasteiger partial charge in [-0.15, -0.1) is 0 Å². The zero-order chi connectivity index (χ0) is 15.1. The molecule has 2 aromatic carbocycles. The number of aliphatic hydroxyl groups excluding tert-OH is 1. The van der Waals surface area contributed by atoms with Gasteiger partial charge in [-0.3, -0.25) is 0 Å². The predicted molar refractivity (Wildman–Crippen MR) is 82.2 cm³/mol. The topological polar surface area (TPSA) is 46.5 Å². The number of aliphatic hydroxyl groups is 1. The van der Waals surface area contributed by atoms with Crippen molar-refractivity contribution in [1.82, 2.24) is 0 Å². The van der Waals surface area contributed by atoms with Crippen LogP contribution in [0.3, 0.4) is 0 Å². The summed E-state index contributed by atoms with van der Waals surface area (Å²) in [7, 11) is 0. The highest BCUT2D eigenvalue weighted by Gasteiger charge is 2.31. The Bertz CT molecular complexity index is 560. The van der Waals surface area contributed by atoms with Crippen molar-refractivity contribution in [2.45, 2.75) is 18.8 Å². The molecular weight excluding hydrogens is 264 g/mol. The van der Waals surface area contributed by atoms with Gasteiger partial charge in [-0.2, -0.15) is 0 Å². The van der Waals surface area contributed by atoms with Crippen LogP contribution in [0.25, 0.3) is 0 Å². The fourth-order valence-electron chi connectivity index (χ4n) is 2.29. The van der Waals surface area contributed by atoms with Gasteiger partial charge in [-0.25, -0.2) is 4.79 Å². The van der Waals surface area contributed by atoms with Crippen LogP contribution in [0.5, 0.6) is 0 Å². The fraction of sp³-hybridized carbons (Fsp3) is 0.278. The minimum Gasteiger partial charge on any atom is -0.461 e. The van der Waals surface area contributed by atoms with Gasteiger partial charge < -0.3 is 9.84 Å². The molecule has 3 heteroatoms. The number of hydrogen-bond acceptors (Lipinski definition) is 3. The predicted octanol–water partition coefficient (Wildman–Crippen LogP) is 3.18. The van der Waals surface area contributed by atoms with Crippen molar-refractivity contribution in [1.29, 1.82) is 0 Å². The van der Waals surface area contributed by atoms with E-state index in [0.29, 0.717) is 12.0 Å². The van der Waals surface area contributed by atoms with Crippen LogP contribution in [0.1, 0.15) is 29.3 Å². The van der Waals surface area contributed by atoms with Gasteiger partial charge in [0, 0.05) is 0 Å². The van der Waals surface area contributed by atoms with E-state index in [2.05, 4.69) is 0 Å². The van der Waals surface area contributed by atoms with Crippen molar-refractivity contribution in [2.24, 2.45) is 0 Å². The van der Waals surface area contributed by atoms with Gasteiger partial charge in [-0.05, 0) is 24.1 Å². The first-order valence-corrected chi connectivity index (χ1v) is 7.10. The summed E-state index contributed by atoms with van der Waals surface area (Å²) in [6.45, 7) is 2.09. The molecular formula is C18H20O3.